The highest BCUT2D eigenvalue weighted by Crippen LogP contribution is 2.35. The standard InChI is InChI=1S/C15H30N2O/c1-14-11-17(9-10-18-14)13-15(12-16-2)7-5-3-4-6-8-15/h14,16H,3-13H2,1-2H3. The molecule has 1 aliphatic carbocycles. The van der Waals surface area contributed by atoms with E-state index in [9.17, 15) is 0 Å². The van der Waals surface area contributed by atoms with Crippen LogP contribution in [0.15, 0.2) is 0 Å². The highest BCUT2D eigenvalue weighted by Gasteiger charge is 2.33. The van der Waals surface area contributed by atoms with Crippen molar-refractivity contribution in [2.24, 2.45) is 5.41 Å². The van der Waals surface area contributed by atoms with Gasteiger partial charge in [-0.15, -0.1) is 0 Å². The quantitative estimate of drug-likeness (QED) is 0.779. The van der Waals surface area contributed by atoms with Crippen molar-refractivity contribution in [2.75, 3.05) is 39.8 Å². The number of ether oxygens (including phenoxy) is 1. The molecule has 3 heteroatoms. The largest absolute Gasteiger partial charge is 0.376 e. The molecule has 0 bridgehead atoms. The maximum absolute atomic E-state index is 5.66. The maximum Gasteiger partial charge on any atom is 0.0674 e. The van der Waals surface area contributed by atoms with Crippen molar-refractivity contribution in [2.45, 2.75) is 51.6 Å². The third kappa shape index (κ3) is 3.94. The average Bonchev–Trinajstić information content (AvgIpc) is 2.55. The molecule has 106 valence electrons. The molecule has 0 radical (unpaired) electrons. The zero-order valence-corrected chi connectivity index (χ0v) is 12.2. The van der Waals surface area contributed by atoms with Crippen LogP contribution in [0.25, 0.3) is 0 Å². The molecule has 2 aliphatic rings. The van der Waals surface area contributed by atoms with Gasteiger partial charge in [0.1, 0.15) is 0 Å². The third-order valence-electron chi connectivity index (χ3n) is 4.60. The predicted octanol–water partition coefficient (Wildman–Crippen LogP) is 2.27. The molecule has 0 amide bonds. The molecule has 1 saturated heterocycles. The Balaban J connectivity index is 1.95. The average molecular weight is 254 g/mol. The van der Waals surface area contributed by atoms with E-state index in [0.717, 1.165) is 19.7 Å². The van der Waals surface area contributed by atoms with Crippen LogP contribution in [0.2, 0.25) is 0 Å². The monoisotopic (exact) mass is 254 g/mol. The molecule has 0 aromatic heterocycles. The van der Waals surface area contributed by atoms with E-state index >= 15 is 0 Å². The van der Waals surface area contributed by atoms with E-state index in [1.54, 1.807) is 0 Å². The molecule has 2 fully saturated rings. The van der Waals surface area contributed by atoms with Gasteiger partial charge in [0.15, 0.2) is 0 Å². The van der Waals surface area contributed by atoms with Gasteiger partial charge in [0.2, 0.25) is 0 Å². The fraction of sp³-hybridized carbons (Fsp3) is 1.00. The molecule has 0 aromatic rings. The van der Waals surface area contributed by atoms with Crippen molar-refractivity contribution in [3.8, 4) is 0 Å². The highest BCUT2D eigenvalue weighted by atomic mass is 16.5. The van der Waals surface area contributed by atoms with Gasteiger partial charge >= 0.3 is 0 Å². The Hall–Kier alpha value is -0.120. The summed E-state index contributed by atoms with van der Waals surface area (Å²) >= 11 is 0. The second-order valence-electron chi connectivity index (χ2n) is 6.36. The van der Waals surface area contributed by atoms with Crippen molar-refractivity contribution < 1.29 is 4.74 Å². The molecule has 1 heterocycles. The first-order valence-corrected chi connectivity index (χ1v) is 7.73. The third-order valence-corrected chi connectivity index (χ3v) is 4.60. The summed E-state index contributed by atoms with van der Waals surface area (Å²) in [5, 5.41) is 3.45. The van der Waals surface area contributed by atoms with Crippen molar-refractivity contribution in [3.05, 3.63) is 0 Å². The molecule has 0 spiro atoms. The summed E-state index contributed by atoms with van der Waals surface area (Å²) < 4.78 is 5.66. The normalized spacial score (nSPS) is 30.0. The molecule has 1 unspecified atom stereocenters. The number of nitrogens with one attached hydrogen (secondary N) is 1. The lowest BCUT2D eigenvalue weighted by molar-refractivity contribution is -0.0341. The summed E-state index contributed by atoms with van der Waals surface area (Å²) in [7, 11) is 2.11. The molecular weight excluding hydrogens is 224 g/mol. The Labute approximate surface area is 112 Å². The second-order valence-corrected chi connectivity index (χ2v) is 6.36. The number of rotatable bonds is 4. The Morgan fingerprint density at radius 3 is 2.56 bits per heavy atom. The molecule has 1 aliphatic heterocycles. The number of morpholine rings is 1. The summed E-state index contributed by atoms with van der Waals surface area (Å²) in [6, 6.07) is 0. The molecule has 18 heavy (non-hydrogen) atoms. The van der Waals surface area contributed by atoms with Gasteiger partial charge in [0.25, 0.3) is 0 Å². The van der Waals surface area contributed by atoms with Crippen LogP contribution in [0.4, 0.5) is 0 Å². The molecule has 2 rings (SSSR count). The predicted molar refractivity (Wildman–Crippen MR) is 75.9 cm³/mol. The second kappa shape index (κ2) is 6.88. The van der Waals surface area contributed by atoms with E-state index in [4.69, 9.17) is 4.74 Å². The zero-order valence-electron chi connectivity index (χ0n) is 12.2. The van der Waals surface area contributed by atoms with E-state index in [0.29, 0.717) is 11.5 Å². The zero-order chi connectivity index (χ0) is 12.8. The smallest absolute Gasteiger partial charge is 0.0674 e. The summed E-state index contributed by atoms with van der Waals surface area (Å²) in [5.41, 5.74) is 0.516. The Kier molecular flexibility index (Phi) is 5.46. The lowest BCUT2D eigenvalue weighted by Gasteiger charge is -2.41. The molecular formula is C15H30N2O. The number of hydrogen-bond donors (Lipinski definition) is 1. The topological polar surface area (TPSA) is 24.5 Å². The molecule has 1 saturated carbocycles. The minimum absolute atomic E-state index is 0.413. The fourth-order valence-electron chi connectivity index (χ4n) is 3.75. The van der Waals surface area contributed by atoms with Gasteiger partial charge in [-0.3, -0.25) is 4.90 Å². The summed E-state index contributed by atoms with van der Waals surface area (Å²) in [6.07, 6.45) is 8.93. The Bertz CT molecular complexity index is 237. The van der Waals surface area contributed by atoms with Gasteiger partial charge in [-0.1, -0.05) is 25.7 Å². The highest BCUT2D eigenvalue weighted by molar-refractivity contribution is 4.87. The van der Waals surface area contributed by atoms with Crippen LogP contribution < -0.4 is 5.32 Å². The molecule has 1 atom stereocenters. The summed E-state index contributed by atoms with van der Waals surface area (Å²) in [4.78, 5) is 2.64. The summed E-state index contributed by atoms with van der Waals surface area (Å²) in [6.45, 7) is 7.79. The molecule has 1 N–H and O–H groups in total. The number of hydrogen-bond acceptors (Lipinski definition) is 3. The van der Waals surface area contributed by atoms with E-state index < -0.39 is 0 Å². The van der Waals surface area contributed by atoms with Gasteiger partial charge in [-0.25, -0.2) is 0 Å². The van der Waals surface area contributed by atoms with Crippen molar-refractivity contribution in [3.63, 3.8) is 0 Å². The van der Waals surface area contributed by atoms with E-state index in [1.165, 1.54) is 51.6 Å². The SMILES string of the molecule is CNCC1(CN2CCOC(C)C2)CCCCCC1. The first kappa shape index (κ1) is 14.3. The maximum atomic E-state index is 5.66. The van der Waals surface area contributed by atoms with Gasteiger partial charge in [0.05, 0.1) is 12.7 Å². The summed E-state index contributed by atoms with van der Waals surface area (Å²) in [5.74, 6) is 0. The van der Waals surface area contributed by atoms with Gasteiger partial charge in [-0.2, -0.15) is 0 Å². The van der Waals surface area contributed by atoms with Crippen molar-refractivity contribution in [1.82, 2.24) is 10.2 Å². The van der Waals surface area contributed by atoms with Crippen LogP contribution in [0.1, 0.15) is 45.4 Å². The van der Waals surface area contributed by atoms with Gasteiger partial charge in [-0.05, 0) is 32.2 Å². The van der Waals surface area contributed by atoms with Crippen molar-refractivity contribution in [1.29, 1.82) is 0 Å². The van der Waals surface area contributed by atoms with Crippen LogP contribution in [-0.4, -0.2) is 50.8 Å². The van der Waals surface area contributed by atoms with Crippen LogP contribution in [0.5, 0.6) is 0 Å². The van der Waals surface area contributed by atoms with Crippen LogP contribution in [0.3, 0.4) is 0 Å². The lowest BCUT2D eigenvalue weighted by Crippen LogP contribution is -2.49. The van der Waals surface area contributed by atoms with Crippen molar-refractivity contribution >= 4 is 0 Å². The van der Waals surface area contributed by atoms with Crippen LogP contribution in [-0.2, 0) is 4.74 Å². The lowest BCUT2D eigenvalue weighted by atomic mass is 9.79. The minimum atomic E-state index is 0.413. The van der Waals surface area contributed by atoms with Gasteiger partial charge in [0, 0.05) is 26.2 Å². The molecule has 3 nitrogen and oxygen atoms in total. The fourth-order valence-corrected chi connectivity index (χ4v) is 3.75. The molecule has 0 aromatic carbocycles. The van der Waals surface area contributed by atoms with Crippen LogP contribution in [0, 0.1) is 5.41 Å². The van der Waals surface area contributed by atoms with Crippen LogP contribution >= 0.6 is 0 Å². The first-order chi connectivity index (χ1) is 8.74. The Morgan fingerprint density at radius 2 is 1.94 bits per heavy atom. The first-order valence-electron chi connectivity index (χ1n) is 7.73. The number of nitrogens with zero attached hydrogens (tertiary/aromatic N) is 1. The van der Waals surface area contributed by atoms with E-state index in [-0.39, 0.29) is 0 Å². The minimum Gasteiger partial charge on any atom is -0.376 e. The van der Waals surface area contributed by atoms with E-state index in [1.807, 2.05) is 0 Å². The van der Waals surface area contributed by atoms with E-state index in [2.05, 4.69) is 24.2 Å². The Morgan fingerprint density at radius 1 is 1.22 bits per heavy atom. The van der Waals surface area contributed by atoms with Gasteiger partial charge < -0.3 is 10.1 Å².